The molecule has 0 radical (unpaired) electrons. The highest BCUT2D eigenvalue weighted by molar-refractivity contribution is 5.85. The second-order valence-corrected chi connectivity index (χ2v) is 5.23. The van der Waals surface area contributed by atoms with Gasteiger partial charge in [-0.2, -0.15) is 0 Å². The number of benzene rings is 1. The third kappa shape index (κ3) is 4.90. The first-order valence-corrected chi connectivity index (χ1v) is 7.13. The van der Waals surface area contributed by atoms with E-state index in [4.69, 9.17) is 10.5 Å². The molecule has 1 unspecified atom stereocenters. The fourth-order valence-electron chi connectivity index (χ4n) is 2.47. The summed E-state index contributed by atoms with van der Waals surface area (Å²) in [5.41, 5.74) is 6.17. The molecule has 0 spiro atoms. The van der Waals surface area contributed by atoms with E-state index in [2.05, 4.69) is 5.32 Å². The lowest BCUT2D eigenvalue weighted by Crippen LogP contribution is -2.47. The van der Waals surface area contributed by atoms with Crippen molar-refractivity contribution in [1.82, 2.24) is 5.32 Å². The molecule has 0 aromatic heterocycles. The van der Waals surface area contributed by atoms with Crippen molar-refractivity contribution in [3.05, 3.63) is 35.4 Å². The summed E-state index contributed by atoms with van der Waals surface area (Å²) < 4.78 is 31.7. The molecule has 1 aliphatic rings. The maximum Gasteiger partial charge on any atom is 0.237 e. The molecule has 3 N–H and O–H groups in total. The molecule has 1 heterocycles. The summed E-state index contributed by atoms with van der Waals surface area (Å²) in [4.78, 5) is 11.9. The maximum absolute atomic E-state index is 13.4. The number of halogens is 3. The summed E-state index contributed by atoms with van der Waals surface area (Å²) >= 11 is 0. The maximum atomic E-state index is 13.4. The van der Waals surface area contributed by atoms with Gasteiger partial charge in [0.05, 0.1) is 6.04 Å². The van der Waals surface area contributed by atoms with Crippen LogP contribution in [0.1, 0.15) is 18.4 Å². The number of amides is 1. The van der Waals surface area contributed by atoms with Gasteiger partial charge in [-0.25, -0.2) is 8.78 Å². The second kappa shape index (κ2) is 9.02. The number of carbonyl (C=O) groups is 1. The molecule has 1 amide bonds. The normalized spacial score (nSPS) is 16.7. The minimum absolute atomic E-state index is 0. The molecule has 4 nitrogen and oxygen atoms in total. The van der Waals surface area contributed by atoms with Crippen molar-refractivity contribution < 1.29 is 18.3 Å². The highest BCUT2D eigenvalue weighted by atomic mass is 35.5. The van der Waals surface area contributed by atoms with Crippen molar-refractivity contribution in [2.24, 2.45) is 11.7 Å². The summed E-state index contributed by atoms with van der Waals surface area (Å²) in [6.45, 7) is 1.48. The molecular formula is C15H21ClF2N2O2. The fourth-order valence-corrected chi connectivity index (χ4v) is 2.47. The van der Waals surface area contributed by atoms with Crippen molar-refractivity contribution in [2.75, 3.05) is 19.8 Å². The molecule has 1 aromatic carbocycles. The zero-order valence-corrected chi connectivity index (χ0v) is 13.0. The first-order valence-electron chi connectivity index (χ1n) is 7.13. The van der Waals surface area contributed by atoms with E-state index in [1.807, 2.05) is 0 Å². The topological polar surface area (TPSA) is 64.4 Å². The van der Waals surface area contributed by atoms with E-state index in [1.54, 1.807) is 0 Å². The van der Waals surface area contributed by atoms with Gasteiger partial charge in [0.15, 0.2) is 11.6 Å². The van der Waals surface area contributed by atoms with E-state index in [9.17, 15) is 13.6 Å². The highest BCUT2D eigenvalue weighted by Crippen LogP contribution is 2.17. The summed E-state index contributed by atoms with van der Waals surface area (Å²) in [5.74, 6) is -1.87. The average molecular weight is 335 g/mol. The van der Waals surface area contributed by atoms with Crippen molar-refractivity contribution >= 4 is 18.3 Å². The number of rotatable bonds is 5. The van der Waals surface area contributed by atoms with Crippen LogP contribution in [-0.4, -0.2) is 31.7 Å². The minimum Gasteiger partial charge on any atom is -0.381 e. The fraction of sp³-hybridized carbons (Fsp3) is 0.533. The van der Waals surface area contributed by atoms with E-state index in [-0.39, 0.29) is 42.8 Å². The smallest absolute Gasteiger partial charge is 0.237 e. The lowest BCUT2D eigenvalue weighted by molar-refractivity contribution is -0.124. The van der Waals surface area contributed by atoms with Gasteiger partial charge in [0.25, 0.3) is 0 Å². The van der Waals surface area contributed by atoms with Crippen LogP contribution in [0.15, 0.2) is 18.2 Å². The molecule has 22 heavy (non-hydrogen) atoms. The standard InChI is InChI=1S/C15H20F2N2O2.ClH/c16-12-3-1-2-10(13(12)17)4-7-19-15(20)14(18)11-5-8-21-9-6-11;/h1-3,11,14H,4-9,18H2,(H,19,20);1H. The van der Waals surface area contributed by atoms with Crippen LogP contribution in [0.3, 0.4) is 0 Å². The van der Waals surface area contributed by atoms with Gasteiger partial charge < -0.3 is 15.8 Å². The number of hydrogen-bond acceptors (Lipinski definition) is 3. The van der Waals surface area contributed by atoms with E-state index >= 15 is 0 Å². The Bertz CT molecular complexity index is 496. The minimum atomic E-state index is -0.877. The van der Waals surface area contributed by atoms with Gasteiger partial charge in [-0.1, -0.05) is 12.1 Å². The number of carbonyl (C=O) groups excluding carboxylic acids is 1. The second-order valence-electron chi connectivity index (χ2n) is 5.23. The van der Waals surface area contributed by atoms with Crippen LogP contribution in [0.4, 0.5) is 8.78 Å². The molecule has 1 aliphatic heterocycles. The zero-order valence-electron chi connectivity index (χ0n) is 12.2. The Morgan fingerprint density at radius 2 is 2.05 bits per heavy atom. The van der Waals surface area contributed by atoms with Crippen LogP contribution >= 0.6 is 12.4 Å². The Morgan fingerprint density at radius 3 is 2.73 bits per heavy atom. The third-order valence-electron chi connectivity index (χ3n) is 3.80. The summed E-state index contributed by atoms with van der Waals surface area (Å²) in [6.07, 6.45) is 1.77. The summed E-state index contributed by atoms with van der Waals surface area (Å²) in [5, 5.41) is 2.68. The van der Waals surface area contributed by atoms with Gasteiger partial charge in [-0.15, -0.1) is 12.4 Å². The van der Waals surface area contributed by atoms with Crippen LogP contribution in [0.2, 0.25) is 0 Å². The molecule has 0 bridgehead atoms. The quantitative estimate of drug-likeness (QED) is 0.863. The third-order valence-corrected chi connectivity index (χ3v) is 3.80. The number of nitrogens with two attached hydrogens (primary N) is 1. The Hall–Kier alpha value is -1.24. The first kappa shape index (κ1) is 18.8. The molecule has 1 saturated heterocycles. The monoisotopic (exact) mass is 334 g/mol. The molecule has 124 valence electrons. The van der Waals surface area contributed by atoms with Crippen LogP contribution in [0.25, 0.3) is 0 Å². The van der Waals surface area contributed by atoms with Gasteiger partial charge in [-0.3, -0.25) is 4.79 Å². The predicted octanol–water partition coefficient (Wildman–Crippen LogP) is 1.80. The number of nitrogens with one attached hydrogen (secondary N) is 1. The molecule has 2 rings (SSSR count). The van der Waals surface area contributed by atoms with Crippen molar-refractivity contribution in [1.29, 1.82) is 0 Å². The lowest BCUT2D eigenvalue weighted by Gasteiger charge is -2.26. The Kier molecular flexibility index (Phi) is 7.72. The van der Waals surface area contributed by atoms with Gasteiger partial charge in [-0.05, 0) is 36.8 Å². The molecule has 1 aromatic rings. The summed E-state index contributed by atoms with van der Waals surface area (Å²) in [7, 11) is 0. The van der Waals surface area contributed by atoms with E-state index in [0.29, 0.717) is 13.2 Å². The molecule has 1 atom stereocenters. The largest absolute Gasteiger partial charge is 0.381 e. The van der Waals surface area contributed by atoms with Crippen molar-refractivity contribution in [2.45, 2.75) is 25.3 Å². The first-order chi connectivity index (χ1) is 10.1. The SMILES string of the molecule is Cl.NC(C(=O)NCCc1cccc(F)c1F)C1CCOCC1. The molecule has 1 fully saturated rings. The number of ether oxygens (including phenoxy) is 1. The number of hydrogen-bond donors (Lipinski definition) is 2. The van der Waals surface area contributed by atoms with Gasteiger partial charge in [0.2, 0.25) is 5.91 Å². The zero-order chi connectivity index (χ0) is 15.2. The van der Waals surface area contributed by atoms with E-state index < -0.39 is 17.7 Å². The Morgan fingerprint density at radius 1 is 1.36 bits per heavy atom. The summed E-state index contributed by atoms with van der Waals surface area (Å²) in [6, 6.07) is 3.44. The van der Waals surface area contributed by atoms with Gasteiger partial charge in [0, 0.05) is 19.8 Å². The van der Waals surface area contributed by atoms with Crippen LogP contribution in [0, 0.1) is 17.6 Å². The Balaban J connectivity index is 0.00000242. The van der Waals surface area contributed by atoms with Crippen molar-refractivity contribution in [3.63, 3.8) is 0 Å². The predicted molar refractivity (Wildman–Crippen MR) is 81.8 cm³/mol. The lowest BCUT2D eigenvalue weighted by atomic mass is 9.92. The highest BCUT2D eigenvalue weighted by Gasteiger charge is 2.26. The molecule has 0 saturated carbocycles. The molecule has 0 aliphatic carbocycles. The Labute approximate surface area is 134 Å². The molecular weight excluding hydrogens is 314 g/mol. The van der Waals surface area contributed by atoms with Crippen LogP contribution < -0.4 is 11.1 Å². The van der Waals surface area contributed by atoms with Crippen molar-refractivity contribution in [3.8, 4) is 0 Å². The van der Waals surface area contributed by atoms with Gasteiger partial charge >= 0.3 is 0 Å². The van der Waals surface area contributed by atoms with Crippen LogP contribution in [-0.2, 0) is 16.0 Å². The van der Waals surface area contributed by atoms with Gasteiger partial charge in [0.1, 0.15) is 0 Å². The van der Waals surface area contributed by atoms with E-state index in [0.717, 1.165) is 18.9 Å². The average Bonchev–Trinajstić information content (AvgIpc) is 2.51. The molecule has 7 heteroatoms. The van der Waals surface area contributed by atoms with Crippen LogP contribution in [0.5, 0.6) is 0 Å². The van der Waals surface area contributed by atoms with E-state index in [1.165, 1.54) is 12.1 Å².